The molecule has 0 fully saturated rings. The van der Waals surface area contributed by atoms with Crippen LogP contribution in [0.5, 0.6) is 0 Å². The van der Waals surface area contributed by atoms with E-state index in [-0.39, 0.29) is 23.4 Å². The summed E-state index contributed by atoms with van der Waals surface area (Å²) in [6, 6.07) is 16.0. The van der Waals surface area contributed by atoms with Gasteiger partial charge in [-0.3, -0.25) is 10.1 Å². The molecule has 0 saturated heterocycles. The molecular weight excluding hydrogens is 394 g/mol. The number of aliphatic hydroxyl groups excluding tert-OH is 1. The average molecular weight is 421 g/mol. The first kappa shape index (κ1) is 22.3. The maximum absolute atomic E-state index is 13.1. The maximum atomic E-state index is 13.1. The smallest absolute Gasteiger partial charge is 0.342 e. The number of nitrogens with zero attached hydrogens (tertiary/aromatic N) is 1. The van der Waals surface area contributed by atoms with Crippen LogP contribution in [0.15, 0.2) is 72.0 Å². The van der Waals surface area contributed by atoms with Gasteiger partial charge in [-0.05, 0) is 42.9 Å². The van der Waals surface area contributed by atoms with Crippen LogP contribution in [0.1, 0.15) is 50.7 Å². The number of non-ortho nitro benzene ring substituents is 1. The molecule has 2 aromatic rings. The normalized spacial score (nSPS) is 19.3. The zero-order chi connectivity index (χ0) is 22.4. The number of hydrogen-bond donors (Lipinski definition) is 1. The van der Waals surface area contributed by atoms with E-state index in [1.807, 2.05) is 37.3 Å². The van der Waals surface area contributed by atoms with Crippen LogP contribution >= 0.6 is 0 Å². The van der Waals surface area contributed by atoms with Gasteiger partial charge in [0.05, 0.1) is 4.92 Å². The van der Waals surface area contributed by atoms with Gasteiger partial charge in [-0.25, -0.2) is 4.79 Å². The second kappa shape index (κ2) is 9.60. The fourth-order valence-corrected chi connectivity index (χ4v) is 4.18. The Hall–Kier alpha value is -3.41. The number of carbonyl (C=O) groups excluding carboxylic acids is 1. The lowest BCUT2D eigenvalue weighted by molar-refractivity contribution is -0.384. The fraction of sp³-hybridized carbons (Fsp3) is 0.320. The summed E-state index contributed by atoms with van der Waals surface area (Å²) < 4.78 is 5.97. The highest BCUT2D eigenvalue weighted by Crippen LogP contribution is 2.40. The van der Waals surface area contributed by atoms with Crippen molar-refractivity contribution in [1.82, 2.24) is 0 Å². The SMILES string of the molecule is C/C=C(\C1=C(O)C[C@@](CCC)(CCc2ccccc2)OC1=O)c1cccc([N+](=O)[O-])c1. The number of aryl methyl sites for hydroxylation is 1. The molecule has 2 aromatic carbocycles. The lowest BCUT2D eigenvalue weighted by Crippen LogP contribution is -2.41. The first-order valence-electron chi connectivity index (χ1n) is 10.5. The van der Waals surface area contributed by atoms with Crippen LogP contribution in [-0.4, -0.2) is 21.6 Å². The molecule has 1 aliphatic rings. The van der Waals surface area contributed by atoms with E-state index in [1.165, 1.54) is 12.1 Å². The molecule has 1 atom stereocenters. The molecule has 1 aliphatic heterocycles. The Morgan fingerprint density at radius 2 is 1.94 bits per heavy atom. The van der Waals surface area contributed by atoms with Crippen molar-refractivity contribution in [3.05, 3.63) is 93.2 Å². The van der Waals surface area contributed by atoms with Gasteiger partial charge in [-0.2, -0.15) is 0 Å². The molecule has 1 N–H and O–H groups in total. The van der Waals surface area contributed by atoms with Gasteiger partial charge in [-0.15, -0.1) is 0 Å². The van der Waals surface area contributed by atoms with E-state index in [1.54, 1.807) is 25.1 Å². The molecule has 1 heterocycles. The first-order chi connectivity index (χ1) is 14.9. The summed E-state index contributed by atoms with van der Waals surface area (Å²) in [7, 11) is 0. The third-order valence-corrected chi connectivity index (χ3v) is 5.64. The lowest BCUT2D eigenvalue weighted by Gasteiger charge is -2.37. The largest absolute Gasteiger partial charge is 0.511 e. The number of benzene rings is 2. The number of hydrogen-bond acceptors (Lipinski definition) is 5. The summed E-state index contributed by atoms with van der Waals surface area (Å²) in [6.07, 6.45) is 4.69. The predicted molar refractivity (Wildman–Crippen MR) is 120 cm³/mol. The number of esters is 1. The molecular formula is C25H27NO5. The van der Waals surface area contributed by atoms with Gasteiger partial charge in [0.2, 0.25) is 0 Å². The number of nitro benzene ring substituents is 1. The number of nitro groups is 1. The summed E-state index contributed by atoms with van der Waals surface area (Å²) in [5.74, 6) is -0.623. The molecule has 6 nitrogen and oxygen atoms in total. The van der Waals surface area contributed by atoms with Crippen molar-refractivity contribution >= 4 is 17.2 Å². The van der Waals surface area contributed by atoms with Crippen LogP contribution in [0.3, 0.4) is 0 Å². The highest BCUT2D eigenvalue weighted by molar-refractivity contribution is 6.07. The minimum Gasteiger partial charge on any atom is -0.511 e. The zero-order valence-corrected chi connectivity index (χ0v) is 17.8. The summed E-state index contributed by atoms with van der Waals surface area (Å²) >= 11 is 0. The Morgan fingerprint density at radius 1 is 1.19 bits per heavy atom. The third kappa shape index (κ3) is 5.02. The van der Waals surface area contributed by atoms with E-state index in [4.69, 9.17) is 4.74 Å². The molecule has 0 radical (unpaired) electrons. The van der Waals surface area contributed by atoms with Crippen molar-refractivity contribution in [2.75, 3.05) is 0 Å². The summed E-state index contributed by atoms with van der Waals surface area (Å²) in [5, 5.41) is 22.1. The Bertz CT molecular complexity index is 1030. The molecule has 0 saturated carbocycles. The summed E-state index contributed by atoms with van der Waals surface area (Å²) in [6.45, 7) is 3.75. The number of rotatable bonds is 8. The predicted octanol–water partition coefficient (Wildman–Crippen LogP) is 5.93. The second-order valence-corrected chi connectivity index (χ2v) is 7.82. The lowest BCUT2D eigenvalue weighted by atomic mass is 9.82. The number of cyclic esters (lactones) is 1. The Labute approximate surface area is 182 Å². The topological polar surface area (TPSA) is 89.7 Å². The van der Waals surface area contributed by atoms with Crippen LogP contribution in [0.2, 0.25) is 0 Å². The van der Waals surface area contributed by atoms with Crippen molar-refractivity contribution in [1.29, 1.82) is 0 Å². The van der Waals surface area contributed by atoms with Gasteiger partial charge in [0.1, 0.15) is 16.9 Å². The van der Waals surface area contributed by atoms with Crippen LogP contribution in [0.25, 0.3) is 5.57 Å². The molecule has 31 heavy (non-hydrogen) atoms. The molecule has 3 rings (SSSR count). The molecule has 0 aromatic heterocycles. The van der Waals surface area contributed by atoms with Crippen molar-refractivity contribution in [2.24, 2.45) is 0 Å². The minimum atomic E-state index is -0.767. The Balaban J connectivity index is 1.92. The van der Waals surface area contributed by atoms with Crippen LogP contribution < -0.4 is 0 Å². The van der Waals surface area contributed by atoms with Gasteiger partial charge < -0.3 is 9.84 Å². The van der Waals surface area contributed by atoms with Crippen LogP contribution in [-0.2, 0) is 16.0 Å². The Morgan fingerprint density at radius 3 is 2.55 bits per heavy atom. The average Bonchev–Trinajstić information content (AvgIpc) is 2.76. The number of aliphatic hydroxyl groups is 1. The summed E-state index contributed by atoms with van der Waals surface area (Å²) in [5.41, 5.74) is 1.30. The van der Waals surface area contributed by atoms with E-state index in [0.717, 1.165) is 18.4 Å². The Kier molecular flexibility index (Phi) is 6.90. The van der Waals surface area contributed by atoms with Gasteiger partial charge in [0.15, 0.2) is 0 Å². The molecule has 162 valence electrons. The molecule has 0 aliphatic carbocycles. The van der Waals surface area contributed by atoms with Crippen LogP contribution in [0.4, 0.5) is 5.69 Å². The van der Waals surface area contributed by atoms with E-state index in [9.17, 15) is 20.0 Å². The van der Waals surface area contributed by atoms with E-state index < -0.39 is 16.5 Å². The van der Waals surface area contributed by atoms with Gasteiger partial charge in [0.25, 0.3) is 5.69 Å². The fourth-order valence-electron chi connectivity index (χ4n) is 4.18. The molecule has 0 spiro atoms. The number of allylic oxidation sites excluding steroid dienone is 1. The number of carbonyl (C=O) groups is 1. The minimum absolute atomic E-state index is 0.0302. The molecule has 0 unspecified atom stereocenters. The molecule has 0 amide bonds. The van der Waals surface area contributed by atoms with Crippen molar-refractivity contribution in [3.63, 3.8) is 0 Å². The van der Waals surface area contributed by atoms with E-state index in [0.29, 0.717) is 24.0 Å². The summed E-state index contributed by atoms with van der Waals surface area (Å²) in [4.78, 5) is 23.7. The van der Waals surface area contributed by atoms with Gasteiger partial charge in [-0.1, -0.05) is 61.9 Å². The number of ether oxygens (including phenoxy) is 1. The third-order valence-electron chi connectivity index (χ3n) is 5.64. The monoisotopic (exact) mass is 421 g/mol. The van der Waals surface area contributed by atoms with E-state index in [2.05, 4.69) is 0 Å². The van der Waals surface area contributed by atoms with Crippen LogP contribution in [0, 0.1) is 10.1 Å². The highest BCUT2D eigenvalue weighted by atomic mass is 16.6. The van der Waals surface area contributed by atoms with Gasteiger partial charge >= 0.3 is 5.97 Å². The quantitative estimate of drug-likeness (QED) is 0.324. The van der Waals surface area contributed by atoms with Crippen molar-refractivity contribution in [2.45, 2.75) is 51.6 Å². The maximum Gasteiger partial charge on any atom is 0.342 e. The standard InChI is InChI=1S/C25H27NO5/c1-3-14-25(15-13-18-9-6-5-7-10-18)17-22(27)23(24(28)31-25)21(4-2)19-11-8-12-20(16-19)26(29)30/h4-12,16,27H,3,13-15,17H2,1-2H3/b21-4-/t25-/m1/s1. The highest BCUT2D eigenvalue weighted by Gasteiger charge is 2.42. The zero-order valence-electron chi connectivity index (χ0n) is 17.8. The molecule has 6 heteroatoms. The molecule has 0 bridgehead atoms. The second-order valence-electron chi connectivity index (χ2n) is 7.82. The van der Waals surface area contributed by atoms with Crippen molar-refractivity contribution in [3.8, 4) is 0 Å². The van der Waals surface area contributed by atoms with Crippen molar-refractivity contribution < 1.29 is 19.6 Å². The van der Waals surface area contributed by atoms with E-state index >= 15 is 0 Å². The first-order valence-corrected chi connectivity index (χ1v) is 10.5. The van der Waals surface area contributed by atoms with Gasteiger partial charge in [0, 0.05) is 18.6 Å².